The lowest BCUT2D eigenvalue weighted by atomic mass is 10.2. The molecule has 0 radical (unpaired) electrons. The van der Waals surface area contributed by atoms with E-state index in [0.29, 0.717) is 25.7 Å². The Morgan fingerprint density at radius 2 is 1.76 bits per heavy atom. The van der Waals surface area contributed by atoms with Gasteiger partial charge >= 0.3 is 0 Å². The highest BCUT2D eigenvalue weighted by Crippen LogP contribution is 2.32. The number of carbonyl (C=O) groups is 1. The number of nitrogens with one attached hydrogen (secondary N) is 1. The number of hydrogen-bond acceptors (Lipinski definition) is 7. The molecular formula is C18H13Cl3N4OS3. The third-order valence-electron chi connectivity index (χ3n) is 3.40. The van der Waals surface area contributed by atoms with Crippen molar-refractivity contribution in [3.63, 3.8) is 0 Å². The first-order valence-electron chi connectivity index (χ1n) is 8.11. The van der Waals surface area contributed by atoms with Crippen LogP contribution in [0.2, 0.25) is 15.1 Å². The van der Waals surface area contributed by atoms with Crippen LogP contribution in [0.25, 0.3) is 0 Å². The van der Waals surface area contributed by atoms with Crippen molar-refractivity contribution in [1.29, 1.82) is 0 Å². The van der Waals surface area contributed by atoms with Crippen molar-refractivity contribution in [2.45, 2.75) is 14.4 Å². The molecule has 0 fully saturated rings. The van der Waals surface area contributed by atoms with Crippen LogP contribution in [-0.2, 0) is 10.5 Å². The van der Waals surface area contributed by atoms with Crippen LogP contribution in [0.3, 0.4) is 0 Å². The molecule has 1 N–H and O–H groups in total. The van der Waals surface area contributed by atoms with Crippen LogP contribution < -0.4 is 5.43 Å². The predicted molar refractivity (Wildman–Crippen MR) is 124 cm³/mol. The zero-order chi connectivity index (χ0) is 20.6. The summed E-state index contributed by atoms with van der Waals surface area (Å²) >= 11 is 22.4. The minimum absolute atomic E-state index is 0.171. The number of carbonyl (C=O) groups excluding carboxylic acids is 1. The summed E-state index contributed by atoms with van der Waals surface area (Å²) in [5, 5.41) is 13.7. The topological polar surface area (TPSA) is 67.2 Å². The van der Waals surface area contributed by atoms with Crippen LogP contribution in [0.15, 0.2) is 56.2 Å². The van der Waals surface area contributed by atoms with Crippen LogP contribution in [0.1, 0.15) is 11.1 Å². The normalized spacial score (nSPS) is 11.1. The van der Waals surface area contributed by atoms with E-state index in [-0.39, 0.29) is 11.7 Å². The van der Waals surface area contributed by atoms with Crippen LogP contribution in [0.4, 0.5) is 0 Å². The highest BCUT2D eigenvalue weighted by atomic mass is 35.5. The summed E-state index contributed by atoms with van der Waals surface area (Å²) in [6, 6.07) is 12.9. The van der Waals surface area contributed by atoms with Crippen LogP contribution in [0, 0.1) is 0 Å². The largest absolute Gasteiger partial charge is 0.272 e. The molecular weight excluding hydrogens is 491 g/mol. The van der Waals surface area contributed by atoms with Gasteiger partial charge in [-0.25, -0.2) is 5.43 Å². The molecule has 0 aliphatic heterocycles. The Kier molecular flexibility index (Phi) is 8.65. The maximum atomic E-state index is 11.9. The van der Waals surface area contributed by atoms with E-state index in [9.17, 15) is 4.79 Å². The van der Waals surface area contributed by atoms with Gasteiger partial charge in [0.05, 0.1) is 22.0 Å². The second kappa shape index (κ2) is 11.2. The second-order valence-corrected chi connectivity index (χ2v) is 10.1. The van der Waals surface area contributed by atoms with Crippen molar-refractivity contribution in [3.05, 3.63) is 68.7 Å². The third-order valence-corrected chi connectivity index (χ3v) is 7.84. The number of hydrogen-bond donors (Lipinski definition) is 1. The van der Waals surface area contributed by atoms with Gasteiger partial charge < -0.3 is 0 Å². The molecule has 0 atom stereocenters. The van der Waals surface area contributed by atoms with Gasteiger partial charge in [-0.1, -0.05) is 100.0 Å². The van der Waals surface area contributed by atoms with Crippen LogP contribution >= 0.6 is 69.7 Å². The standard InChI is InChI=1S/C18H13Cl3N4OS3/c19-13-6-2-1-4-12(13)9-27-17-24-25-18(29-17)28-10-15(26)23-22-8-11-5-3-7-14(20)16(11)21/h1-8H,9-10H2,(H,23,26)/b22-8-. The van der Waals surface area contributed by atoms with Gasteiger partial charge in [-0.05, 0) is 17.7 Å². The molecule has 11 heteroatoms. The van der Waals surface area contributed by atoms with E-state index in [0.717, 1.165) is 14.9 Å². The number of nitrogens with zero attached hydrogens (tertiary/aromatic N) is 3. The van der Waals surface area contributed by atoms with Crippen LogP contribution in [0.5, 0.6) is 0 Å². The van der Waals surface area contributed by atoms with E-state index in [4.69, 9.17) is 34.8 Å². The van der Waals surface area contributed by atoms with Crippen molar-refractivity contribution >= 4 is 81.8 Å². The van der Waals surface area contributed by atoms with E-state index >= 15 is 0 Å². The molecule has 29 heavy (non-hydrogen) atoms. The maximum absolute atomic E-state index is 11.9. The van der Waals surface area contributed by atoms with Crippen molar-refractivity contribution in [1.82, 2.24) is 15.6 Å². The molecule has 0 bridgehead atoms. The number of halogens is 3. The molecule has 0 aliphatic rings. The summed E-state index contributed by atoms with van der Waals surface area (Å²) in [7, 11) is 0. The quantitative estimate of drug-likeness (QED) is 0.231. The molecule has 3 aromatic rings. The first-order chi connectivity index (χ1) is 14.0. The Hall–Kier alpha value is -1.29. The van der Waals surface area contributed by atoms with E-state index in [1.165, 1.54) is 29.3 Å². The van der Waals surface area contributed by atoms with Gasteiger partial charge in [0.2, 0.25) is 0 Å². The maximum Gasteiger partial charge on any atom is 0.250 e. The molecule has 0 saturated heterocycles. The minimum atomic E-state index is -0.259. The number of benzene rings is 2. The number of amides is 1. The molecule has 1 aromatic heterocycles. The Labute approximate surface area is 195 Å². The molecule has 0 saturated carbocycles. The average Bonchev–Trinajstić information content (AvgIpc) is 3.17. The zero-order valence-corrected chi connectivity index (χ0v) is 19.4. The number of rotatable bonds is 8. The molecule has 3 rings (SSSR count). The molecule has 0 unspecified atom stereocenters. The molecule has 0 spiro atoms. The lowest BCUT2D eigenvalue weighted by Crippen LogP contribution is -2.19. The average molecular weight is 504 g/mol. The Bertz CT molecular complexity index is 1030. The van der Waals surface area contributed by atoms with Crippen molar-refractivity contribution in [2.24, 2.45) is 5.10 Å². The lowest BCUT2D eigenvalue weighted by molar-refractivity contribution is -0.118. The van der Waals surface area contributed by atoms with Crippen LogP contribution in [-0.4, -0.2) is 28.1 Å². The Morgan fingerprint density at radius 3 is 2.55 bits per heavy atom. The highest BCUT2D eigenvalue weighted by Gasteiger charge is 2.09. The fourth-order valence-electron chi connectivity index (χ4n) is 2.02. The van der Waals surface area contributed by atoms with Gasteiger partial charge in [0.1, 0.15) is 0 Å². The van der Waals surface area contributed by atoms with Crippen molar-refractivity contribution in [2.75, 3.05) is 5.75 Å². The predicted octanol–water partition coefficient (Wildman–Crippen LogP) is 6.03. The Morgan fingerprint density at radius 1 is 1.03 bits per heavy atom. The van der Waals surface area contributed by atoms with Crippen molar-refractivity contribution in [3.8, 4) is 0 Å². The summed E-state index contributed by atoms with van der Waals surface area (Å²) in [6.45, 7) is 0. The highest BCUT2D eigenvalue weighted by molar-refractivity contribution is 8.03. The molecule has 1 amide bonds. The van der Waals surface area contributed by atoms with Gasteiger partial charge in [0.15, 0.2) is 8.68 Å². The third kappa shape index (κ3) is 6.87. The minimum Gasteiger partial charge on any atom is -0.272 e. The first-order valence-corrected chi connectivity index (χ1v) is 12.0. The summed E-state index contributed by atoms with van der Waals surface area (Å²) in [5.41, 5.74) is 4.12. The van der Waals surface area contributed by atoms with Crippen molar-refractivity contribution < 1.29 is 4.79 Å². The molecule has 5 nitrogen and oxygen atoms in total. The van der Waals surface area contributed by atoms with E-state index < -0.39 is 0 Å². The summed E-state index contributed by atoms with van der Waals surface area (Å²) in [5.74, 6) is 0.620. The molecule has 1 heterocycles. The van der Waals surface area contributed by atoms with Gasteiger partial charge in [-0.2, -0.15) is 5.10 Å². The monoisotopic (exact) mass is 502 g/mol. The first kappa shape index (κ1) is 22.4. The van der Waals surface area contributed by atoms with E-state index in [1.54, 1.807) is 30.0 Å². The van der Waals surface area contributed by atoms with Gasteiger partial charge in [-0.3, -0.25) is 4.79 Å². The molecule has 2 aromatic carbocycles. The van der Waals surface area contributed by atoms with E-state index in [2.05, 4.69) is 20.7 Å². The SMILES string of the molecule is O=C(CSc1nnc(SCc2ccccc2Cl)s1)N/N=C\c1cccc(Cl)c1Cl. The number of thioether (sulfide) groups is 2. The van der Waals surface area contributed by atoms with Gasteiger partial charge in [0.25, 0.3) is 5.91 Å². The van der Waals surface area contributed by atoms with E-state index in [1.807, 2.05) is 24.3 Å². The second-order valence-electron chi connectivity index (χ2n) is 5.44. The Balaban J connectivity index is 1.44. The number of hydrazone groups is 1. The summed E-state index contributed by atoms with van der Waals surface area (Å²) in [6.07, 6.45) is 1.45. The fourth-order valence-corrected chi connectivity index (χ4v) is 5.48. The zero-order valence-electron chi connectivity index (χ0n) is 14.6. The molecule has 0 aliphatic carbocycles. The van der Waals surface area contributed by atoms with Gasteiger partial charge in [-0.15, -0.1) is 10.2 Å². The summed E-state index contributed by atoms with van der Waals surface area (Å²) in [4.78, 5) is 11.9. The smallest absolute Gasteiger partial charge is 0.250 e. The molecule has 150 valence electrons. The number of aromatic nitrogens is 2. The fraction of sp³-hybridized carbons (Fsp3) is 0.111. The summed E-state index contributed by atoms with van der Waals surface area (Å²) < 4.78 is 1.53. The lowest BCUT2D eigenvalue weighted by Gasteiger charge is -2.01. The van der Waals surface area contributed by atoms with Gasteiger partial charge in [0, 0.05) is 16.3 Å².